The molecule has 0 rings (SSSR count). The maximum absolute atomic E-state index is 12.7. The van der Waals surface area contributed by atoms with Crippen molar-refractivity contribution in [2.45, 2.75) is 303 Å². The predicted molar refractivity (Wildman–Crippen MR) is 266 cm³/mol. The van der Waals surface area contributed by atoms with E-state index in [1.807, 2.05) is 0 Å². The molecule has 0 heterocycles. The summed E-state index contributed by atoms with van der Waals surface area (Å²) in [5.41, 5.74) is 0. The van der Waals surface area contributed by atoms with Gasteiger partial charge in [0, 0.05) is 19.3 Å². The average Bonchev–Trinajstić information content (AvgIpc) is 3.27. The average molecular weight is 873 g/mol. The van der Waals surface area contributed by atoms with Gasteiger partial charge in [-0.25, -0.2) is 0 Å². The first kappa shape index (κ1) is 59.9. The summed E-state index contributed by atoms with van der Waals surface area (Å²) in [6.45, 7) is 6.56. The van der Waals surface area contributed by atoms with Crippen molar-refractivity contribution in [2.75, 3.05) is 13.2 Å². The molecule has 0 aliphatic rings. The molecule has 0 aromatic carbocycles. The number of unbranched alkanes of at least 4 members (excludes halogenated alkanes) is 35. The van der Waals surface area contributed by atoms with E-state index in [0.717, 1.165) is 70.6 Å². The Bertz CT molecular complexity index is 1000. The van der Waals surface area contributed by atoms with Gasteiger partial charge in [0.05, 0.1) is 0 Å². The van der Waals surface area contributed by atoms with E-state index >= 15 is 0 Å². The Hall–Kier alpha value is -2.11. The van der Waals surface area contributed by atoms with E-state index in [0.29, 0.717) is 19.3 Å². The van der Waals surface area contributed by atoms with Crippen molar-refractivity contribution in [1.29, 1.82) is 0 Å². The Morgan fingerprint density at radius 3 is 0.887 bits per heavy atom. The highest BCUT2D eigenvalue weighted by Gasteiger charge is 2.19. The van der Waals surface area contributed by atoms with Crippen LogP contribution >= 0.6 is 0 Å². The van der Waals surface area contributed by atoms with E-state index in [1.165, 1.54) is 186 Å². The zero-order valence-electron chi connectivity index (χ0n) is 41.7. The molecule has 0 spiro atoms. The van der Waals surface area contributed by atoms with Gasteiger partial charge in [0.1, 0.15) is 13.2 Å². The van der Waals surface area contributed by atoms with Gasteiger partial charge in [-0.2, -0.15) is 0 Å². The molecular formula is C56H104O6. The fourth-order valence-corrected chi connectivity index (χ4v) is 8.06. The Balaban J connectivity index is 3.89. The number of hydrogen-bond acceptors (Lipinski definition) is 6. The lowest BCUT2D eigenvalue weighted by Crippen LogP contribution is -2.30. The van der Waals surface area contributed by atoms with Crippen molar-refractivity contribution in [3.8, 4) is 0 Å². The second kappa shape index (κ2) is 51.5. The zero-order chi connectivity index (χ0) is 45.1. The van der Waals surface area contributed by atoms with Crippen molar-refractivity contribution in [3.05, 3.63) is 24.3 Å². The molecule has 0 saturated carbocycles. The number of esters is 3. The summed E-state index contributed by atoms with van der Waals surface area (Å²) < 4.78 is 16.6. The van der Waals surface area contributed by atoms with Crippen LogP contribution in [0.3, 0.4) is 0 Å². The molecule has 62 heavy (non-hydrogen) atoms. The standard InChI is InChI=1S/C56H104O6/c1-4-7-10-13-15-17-19-20-21-22-23-24-25-26-27-28-29-30-31-32-33-34-35-36-37-39-40-43-46-49-55(58)61-52-53(51-60-54(57)48-45-42-12-9-6-3)62-56(59)50-47-44-41-38-18-16-14-11-8-5-2/h19-20,22-23,53H,4-18,21,24-52H2,1-3H3/b20-19-,23-22-. The quantitative estimate of drug-likeness (QED) is 0.0262. The van der Waals surface area contributed by atoms with Crippen LogP contribution in [-0.4, -0.2) is 37.2 Å². The molecule has 1 atom stereocenters. The molecule has 0 N–H and O–H groups in total. The molecular weight excluding hydrogens is 769 g/mol. The number of hydrogen-bond donors (Lipinski definition) is 0. The molecule has 0 bridgehead atoms. The lowest BCUT2D eigenvalue weighted by Gasteiger charge is -2.18. The summed E-state index contributed by atoms with van der Waals surface area (Å²) in [5, 5.41) is 0. The smallest absolute Gasteiger partial charge is 0.306 e. The van der Waals surface area contributed by atoms with Crippen LogP contribution in [0.1, 0.15) is 297 Å². The van der Waals surface area contributed by atoms with Crippen molar-refractivity contribution in [1.82, 2.24) is 0 Å². The van der Waals surface area contributed by atoms with Gasteiger partial charge < -0.3 is 14.2 Å². The van der Waals surface area contributed by atoms with Crippen molar-refractivity contribution < 1.29 is 28.6 Å². The Labute approximate surface area is 385 Å². The van der Waals surface area contributed by atoms with Crippen LogP contribution in [0.2, 0.25) is 0 Å². The predicted octanol–water partition coefficient (Wildman–Crippen LogP) is 17.9. The third kappa shape index (κ3) is 48.9. The van der Waals surface area contributed by atoms with Gasteiger partial charge in [0.25, 0.3) is 0 Å². The van der Waals surface area contributed by atoms with Crippen LogP contribution in [0.25, 0.3) is 0 Å². The Kier molecular flexibility index (Phi) is 49.8. The molecule has 0 aromatic rings. The zero-order valence-corrected chi connectivity index (χ0v) is 41.7. The lowest BCUT2D eigenvalue weighted by atomic mass is 10.0. The number of carbonyl (C=O) groups is 3. The molecule has 0 fully saturated rings. The van der Waals surface area contributed by atoms with E-state index in [2.05, 4.69) is 45.1 Å². The third-order valence-electron chi connectivity index (χ3n) is 12.2. The molecule has 364 valence electrons. The largest absolute Gasteiger partial charge is 0.462 e. The molecule has 0 amide bonds. The van der Waals surface area contributed by atoms with E-state index < -0.39 is 6.10 Å². The Morgan fingerprint density at radius 1 is 0.323 bits per heavy atom. The van der Waals surface area contributed by atoms with Crippen LogP contribution in [0.15, 0.2) is 24.3 Å². The first-order valence-corrected chi connectivity index (χ1v) is 27.3. The monoisotopic (exact) mass is 873 g/mol. The van der Waals surface area contributed by atoms with Gasteiger partial charge in [0.2, 0.25) is 0 Å². The first-order chi connectivity index (χ1) is 30.5. The van der Waals surface area contributed by atoms with Crippen LogP contribution < -0.4 is 0 Å². The van der Waals surface area contributed by atoms with Gasteiger partial charge in [-0.1, -0.05) is 251 Å². The van der Waals surface area contributed by atoms with E-state index in [1.54, 1.807) is 0 Å². The molecule has 6 nitrogen and oxygen atoms in total. The SMILES string of the molecule is CCCCCCC/C=C\C/C=C\CCCCCCCCCCCCCCCCCCCC(=O)OCC(COC(=O)CCCCCCC)OC(=O)CCCCCCCCCCCC. The summed E-state index contributed by atoms with van der Waals surface area (Å²) in [5.74, 6) is -0.870. The molecule has 0 saturated heterocycles. The van der Waals surface area contributed by atoms with E-state index in [4.69, 9.17) is 14.2 Å². The van der Waals surface area contributed by atoms with Gasteiger partial charge in [-0.3, -0.25) is 14.4 Å². The minimum atomic E-state index is -0.760. The minimum absolute atomic E-state index is 0.0668. The third-order valence-corrected chi connectivity index (χ3v) is 12.2. The molecule has 6 heteroatoms. The van der Waals surface area contributed by atoms with Gasteiger partial charge in [-0.05, 0) is 51.4 Å². The topological polar surface area (TPSA) is 78.9 Å². The van der Waals surface area contributed by atoms with Crippen molar-refractivity contribution in [3.63, 3.8) is 0 Å². The highest BCUT2D eigenvalue weighted by atomic mass is 16.6. The number of allylic oxidation sites excluding steroid dienone is 4. The normalized spacial score (nSPS) is 12.1. The number of rotatable bonds is 50. The summed E-state index contributed by atoms with van der Waals surface area (Å²) in [7, 11) is 0. The fourth-order valence-electron chi connectivity index (χ4n) is 8.06. The van der Waals surface area contributed by atoms with Crippen LogP contribution in [0, 0.1) is 0 Å². The van der Waals surface area contributed by atoms with E-state index in [-0.39, 0.29) is 31.1 Å². The van der Waals surface area contributed by atoms with E-state index in [9.17, 15) is 14.4 Å². The minimum Gasteiger partial charge on any atom is -0.462 e. The summed E-state index contributed by atoms with van der Waals surface area (Å²) in [6, 6.07) is 0. The number of ether oxygens (including phenoxy) is 3. The second-order valence-electron chi connectivity index (χ2n) is 18.5. The van der Waals surface area contributed by atoms with Gasteiger partial charge in [-0.15, -0.1) is 0 Å². The molecule has 0 radical (unpaired) electrons. The summed E-state index contributed by atoms with van der Waals surface area (Å²) in [4.78, 5) is 37.6. The number of carbonyl (C=O) groups excluding carboxylic acids is 3. The molecule has 0 aliphatic carbocycles. The summed E-state index contributed by atoms with van der Waals surface area (Å²) >= 11 is 0. The van der Waals surface area contributed by atoms with Crippen LogP contribution in [0.5, 0.6) is 0 Å². The van der Waals surface area contributed by atoms with Gasteiger partial charge in [0.15, 0.2) is 6.10 Å². The maximum Gasteiger partial charge on any atom is 0.306 e. The van der Waals surface area contributed by atoms with Crippen molar-refractivity contribution in [2.24, 2.45) is 0 Å². The molecule has 0 aromatic heterocycles. The first-order valence-electron chi connectivity index (χ1n) is 27.3. The van der Waals surface area contributed by atoms with Crippen LogP contribution in [-0.2, 0) is 28.6 Å². The maximum atomic E-state index is 12.7. The van der Waals surface area contributed by atoms with Crippen molar-refractivity contribution >= 4 is 17.9 Å². The highest BCUT2D eigenvalue weighted by Crippen LogP contribution is 2.16. The van der Waals surface area contributed by atoms with Crippen LogP contribution in [0.4, 0.5) is 0 Å². The fraction of sp³-hybridized carbons (Fsp3) is 0.875. The van der Waals surface area contributed by atoms with Gasteiger partial charge >= 0.3 is 17.9 Å². The molecule has 0 aliphatic heterocycles. The second-order valence-corrected chi connectivity index (χ2v) is 18.5. The molecule has 1 unspecified atom stereocenters. The summed E-state index contributed by atoms with van der Waals surface area (Å²) in [6.07, 6.45) is 59.5. The lowest BCUT2D eigenvalue weighted by molar-refractivity contribution is -0.167. The Morgan fingerprint density at radius 2 is 0.581 bits per heavy atom. The highest BCUT2D eigenvalue weighted by molar-refractivity contribution is 5.71.